The van der Waals surface area contributed by atoms with Crippen LogP contribution in [0.25, 0.3) is 0 Å². The van der Waals surface area contributed by atoms with Gasteiger partial charge in [0.25, 0.3) is 0 Å². The molecular weight excluding hydrogens is 308 g/mol. The maximum absolute atomic E-state index is 11.7. The molecule has 22 heavy (non-hydrogen) atoms. The van der Waals surface area contributed by atoms with Crippen LogP contribution in [0.3, 0.4) is 0 Å². The van der Waals surface area contributed by atoms with Crippen molar-refractivity contribution in [3.8, 4) is 0 Å². The Labute approximate surface area is 136 Å². The molecule has 0 bridgehead atoms. The van der Waals surface area contributed by atoms with Crippen LogP contribution in [0.15, 0.2) is 24.3 Å². The van der Waals surface area contributed by atoms with E-state index >= 15 is 0 Å². The van der Waals surface area contributed by atoms with Crippen LogP contribution < -0.4 is 21.3 Å². The highest BCUT2D eigenvalue weighted by molar-refractivity contribution is 5.94. The van der Waals surface area contributed by atoms with E-state index in [0.29, 0.717) is 31.1 Å². The number of anilines is 2. The Hall–Kier alpha value is -1.83. The number of rotatable bonds is 8. The summed E-state index contributed by atoms with van der Waals surface area (Å²) in [6, 6.07) is 6.69. The van der Waals surface area contributed by atoms with Crippen molar-refractivity contribution >= 4 is 35.7 Å². The first-order chi connectivity index (χ1) is 10.2. The number of hydrogen-bond donors (Lipinski definition) is 4. The first kappa shape index (κ1) is 20.2. The first-order valence-electron chi connectivity index (χ1n) is 6.80. The number of methoxy groups -OCH3 is 1. The Morgan fingerprint density at radius 1 is 1.18 bits per heavy atom. The highest BCUT2D eigenvalue weighted by Crippen LogP contribution is 2.14. The minimum atomic E-state index is -0.276. The molecule has 0 aromatic heterocycles. The zero-order chi connectivity index (χ0) is 15.5. The van der Waals surface area contributed by atoms with E-state index in [1.165, 1.54) is 0 Å². The van der Waals surface area contributed by atoms with E-state index in [9.17, 15) is 9.59 Å². The fourth-order valence-electron chi connectivity index (χ4n) is 1.59. The summed E-state index contributed by atoms with van der Waals surface area (Å²) in [7, 11) is 1.61. The lowest BCUT2D eigenvalue weighted by Crippen LogP contribution is -2.30. The minimum Gasteiger partial charge on any atom is -0.383 e. The first-order valence-corrected chi connectivity index (χ1v) is 6.80. The molecular formula is C14H23ClN4O3. The summed E-state index contributed by atoms with van der Waals surface area (Å²) in [4.78, 5) is 23.1. The third kappa shape index (κ3) is 8.46. The minimum absolute atomic E-state index is 0. The van der Waals surface area contributed by atoms with E-state index in [4.69, 9.17) is 4.74 Å². The van der Waals surface area contributed by atoms with Crippen LogP contribution in [0.5, 0.6) is 0 Å². The predicted octanol–water partition coefficient (Wildman–Crippen LogP) is 1.42. The van der Waals surface area contributed by atoms with Gasteiger partial charge in [-0.3, -0.25) is 4.79 Å². The van der Waals surface area contributed by atoms with Crippen molar-refractivity contribution < 1.29 is 14.3 Å². The topological polar surface area (TPSA) is 91.5 Å². The van der Waals surface area contributed by atoms with Crippen LogP contribution in [0, 0.1) is 0 Å². The summed E-state index contributed by atoms with van der Waals surface area (Å²) >= 11 is 0. The summed E-state index contributed by atoms with van der Waals surface area (Å²) in [6.45, 7) is 3.77. The van der Waals surface area contributed by atoms with Gasteiger partial charge in [-0.1, -0.05) is 6.07 Å². The number of carbonyl (C=O) groups excluding carboxylic acids is 2. The zero-order valence-corrected chi connectivity index (χ0v) is 13.6. The third-order valence-electron chi connectivity index (χ3n) is 2.51. The second-order valence-electron chi connectivity index (χ2n) is 4.28. The fourth-order valence-corrected chi connectivity index (χ4v) is 1.59. The van der Waals surface area contributed by atoms with Gasteiger partial charge in [0.15, 0.2) is 0 Å². The summed E-state index contributed by atoms with van der Waals surface area (Å²) in [5.74, 6) is -0.152. The van der Waals surface area contributed by atoms with Gasteiger partial charge in [0.05, 0.1) is 13.2 Å². The number of urea groups is 1. The lowest BCUT2D eigenvalue weighted by Gasteiger charge is -2.09. The monoisotopic (exact) mass is 330 g/mol. The molecule has 0 unspecified atom stereocenters. The van der Waals surface area contributed by atoms with Crippen molar-refractivity contribution in [2.45, 2.75) is 6.92 Å². The molecule has 0 saturated heterocycles. The molecule has 7 nitrogen and oxygen atoms in total. The van der Waals surface area contributed by atoms with Crippen LogP contribution in [0.4, 0.5) is 16.2 Å². The van der Waals surface area contributed by atoms with Gasteiger partial charge in [-0.2, -0.15) is 0 Å². The molecule has 8 heteroatoms. The number of benzene rings is 1. The summed E-state index contributed by atoms with van der Waals surface area (Å²) < 4.78 is 4.87. The molecule has 0 saturated carbocycles. The lowest BCUT2D eigenvalue weighted by atomic mass is 10.2. The van der Waals surface area contributed by atoms with E-state index in [-0.39, 0.29) is 30.9 Å². The van der Waals surface area contributed by atoms with Crippen LogP contribution in [-0.4, -0.2) is 45.3 Å². The largest absolute Gasteiger partial charge is 0.383 e. The van der Waals surface area contributed by atoms with E-state index in [2.05, 4.69) is 21.3 Å². The summed E-state index contributed by atoms with van der Waals surface area (Å²) in [5.41, 5.74) is 1.24. The standard InChI is InChI=1S/C14H22N4O3.ClH/c1-3-16-14(20)18-12-6-4-5-11(9-12)17-13(19)10-15-7-8-21-2;/h4-6,9,15H,3,7-8,10H2,1-2H3,(H,17,19)(H2,16,18,20);1H. The number of ether oxygens (including phenoxy) is 1. The van der Waals surface area contributed by atoms with Gasteiger partial charge in [0, 0.05) is 31.6 Å². The second kappa shape index (κ2) is 11.8. The molecule has 3 amide bonds. The molecule has 1 aromatic rings. The average molecular weight is 331 g/mol. The molecule has 0 aliphatic rings. The maximum atomic E-state index is 11.7. The van der Waals surface area contributed by atoms with Gasteiger partial charge in [-0.25, -0.2) is 4.79 Å². The quantitative estimate of drug-likeness (QED) is 0.543. The number of nitrogens with one attached hydrogen (secondary N) is 4. The SMILES string of the molecule is CCNC(=O)Nc1cccc(NC(=O)CNCCOC)c1.Cl. The highest BCUT2D eigenvalue weighted by Gasteiger charge is 2.04. The van der Waals surface area contributed by atoms with Gasteiger partial charge >= 0.3 is 6.03 Å². The summed E-state index contributed by atoms with van der Waals surface area (Å²) in [6.07, 6.45) is 0. The van der Waals surface area contributed by atoms with Crippen LogP contribution in [0.1, 0.15) is 6.92 Å². The Balaban J connectivity index is 0.00000441. The molecule has 124 valence electrons. The molecule has 0 aliphatic carbocycles. The van der Waals surface area contributed by atoms with Gasteiger partial charge < -0.3 is 26.0 Å². The molecule has 0 radical (unpaired) electrons. The lowest BCUT2D eigenvalue weighted by molar-refractivity contribution is -0.115. The van der Waals surface area contributed by atoms with Crippen molar-refractivity contribution in [2.75, 3.05) is 44.0 Å². The van der Waals surface area contributed by atoms with Gasteiger partial charge in [-0.15, -0.1) is 12.4 Å². The van der Waals surface area contributed by atoms with E-state index in [0.717, 1.165) is 0 Å². The Morgan fingerprint density at radius 2 is 1.86 bits per heavy atom. The van der Waals surface area contributed by atoms with E-state index < -0.39 is 0 Å². The Kier molecular flexibility index (Phi) is 10.8. The fraction of sp³-hybridized carbons (Fsp3) is 0.429. The van der Waals surface area contributed by atoms with Gasteiger partial charge in [0.1, 0.15) is 0 Å². The number of halogens is 1. The molecule has 0 aliphatic heterocycles. The molecule has 0 spiro atoms. The van der Waals surface area contributed by atoms with Crippen molar-refractivity contribution in [1.29, 1.82) is 0 Å². The number of amides is 3. The van der Waals surface area contributed by atoms with Gasteiger partial charge in [0.2, 0.25) is 5.91 Å². The van der Waals surface area contributed by atoms with Crippen molar-refractivity contribution in [3.63, 3.8) is 0 Å². The smallest absolute Gasteiger partial charge is 0.319 e. The van der Waals surface area contributed by atoms with Crippen LogP contribution >= 0.6 is 12.4 Å². The van der Waals surface area contributed by atoms with Crippen molar-refractivity contribution in [2.24, 2.45) is 0 Å². The zero-order valence-electron chi connectivity index (χ0n) is 12.8. The second-order valence-corrected chi connectivity index (χ2v) is 4.28. The molecule has 0 heterocycles. The number of carbonyl (C=O) groups is 2. The highest BCUT2D eigenvalue weighted by atomic mass is 35.5. The average Bonchev–Trinajstić information content (AvgIpc) is 2.44. The predicted molar refractivity (Wildman–Crippen MR) is 89.8 cm³/mol. The summed E-state index contributed by atoms with van der Waals surface area (Å²) in [5, 5.41) is 11.0. The third-order valence-corrected chi connectivity index (χ3v) is 2.51. The molecule has 4 N–H and O–H groups in total. The number of hydrogen-bond acceptors (Lipinski definition) is 4. The molecule has 0 atom stereocenters. The van der Waals surface area contributed by atoms with E-state index in [1.807, 2.05) is 6.92 Å². The van der Waals surface area contributed by atoms with E-state index in [1.54, 1.807) is 31.4 Å². The maximum Gasteiger partial charge on any atom is 0.319 e. The molecule has 1 aromatic carbocycles. The van der Waals surface area contributed by atoms with Crippen LogP contribution in [0.2, 0.25) is 0 Å². The molecule has 1 rings (SSSR count). The van der Waals surface area contributed by atoms with Crippen LogP contribution in [-0.2, 0) is 9.53 Å². The Bertz CT molecular complexity index is 471. The normalized spacial score (nSPS) is 9.55. The van der Waals surface area contributed by atoms with Crippen molar-refractivity contribution in [1.82, 2.24) is 10.6 Å². The molecule has 0 fully saturated rings. The van der Waals surface area contributed by atoms with Crippen molar-refractivity contribution in [3.05, 3.63) is 24.3 Å². The Morgan fingerprint density at radius 3 is 2.50 bits per heavy atom. The van der Waals surface area contributed by atoms with Gasteiger partial charge in [-0.05, 0) is 25.1 Å².